The monoisotopic (exact) mass is 647 g/mol. The quantitative estimate of drug-likeness (QED) is 0.271. The predicted octanol–water partition coefficient (Wildman–Crippen LogP) is 5.68. The summed E-state index contributed by atoms with van der Waals surface area (Å²) in [4.78, 5) is 28.7. The molecule has 4 rings (SSSR count). The van der Waals surface area contributed by atoms with Gasteiger partial charge < -0.3 is 19.7 Å². The summed E-state index contributed by atoms with van der Waals surface area (Å²) in [6.07, 6.45) is 3.84. The Bertz CT molecular complexity index is 1550. The summed E-state index contributed by atoms with van der Waals surface area (Å²) < 4.78 is 39.8. The van der Waals surface area contributed by atoms with E-state index in [1.165, 1.54) is 49.5 Å². The van der Waals surface area contributed by atoms with Crippen molar-refractivity contribution in [1.82, 2.24) is 10.2 Å². The summed E-state index contributed by atoms with van der Waals surface area (Å²) in [6, 6.07) is 16.5. The fourth-order valence-electron chi connectivity index (χ4n) is 5.05. The lowest BCUT2D eigenvalue weighted by molar-refractivity contribution is -0.139. The van der Waals surface area contributed by atoms with Crippen LogP contribution in [0.15, 0.2) is 71.6 Å². The van der Waals surface area contributed by atoms with Crippen molar-refractivity contribution < 1.29 is 27.5 Å². The summed E-state index contributed by atoms with van der Waals surface area (Å²) in [5.41, 5.74) is 0.917. The van der Waals surface area contributed by atoms with E-state index >= 15 is 0 Å². The Hall–Kier alpha value is -3.47. The minimum absolute atomic E-state index is 0.0451. The average molecular weight is 649 g/mol. The normalized spacial score (nSPS) is 14.2. The van der Waals surface area contributed by atoms with Gasteiger partial charge in [-0.2, -0.15) is 0 Å². The molecule has 1 fully saturated rings. The van der Waals surface area contributed by atoms with Crippen molar-refractivity contribution in [2.24, 2.45) is 0 Å². The average Bonchev–Trinajstić information content (AvgIpc) is 3.51. The third-order valence-electron chi connectivity index (χ3n) is 7.45. The van der Waals surface area contributed by atoms with E-state index in [4.69, 9.17) is 32.7 Å². The van der Waals surface area contributed by atoms with Gasteiger partial charge in [-0.1, -0.05) is 48.2 Å². The van der Waals surface area contributed by atoms with E-state index in [1.807, 2.05) is 0 Å². The van der Waals surface area contributed by atoms with Gasteiger partial charge in [0.15, 0.2) is 11.5 Å². The number of ether oxygens (including phenoxy) is 2. The number of halogens is 2. The van der Waals surface area contributed by atoms with Gasteiger partial charge in [-0.3, -0.25) is 13.9 Å². The van der Waals surface area contributed by atoms with Crippen LogP contribution < -0.4 is 19.1 Å². The SMILES string of the molecule is COc1ccc(S(=O)(=O)N(CC(=O)N(Cc2cccc(Cl)c2)[C@@H](C)C(=O)NC2CCCC2)c2ccc(Cl)cc2)cc1OC. The highest BCUT2D eigenvalue weighted by Gasteiger charge is 2.34. The number of hydrogen-bond acceptors (Lipinski definition) is 6. The molecule has 1 aliphatic carbocycles. The minimum atomic E-state index is -4.31. The molecule has 0 saturated heterocycles. The number of carbonyl (C=O) groups excluding carboxylic acids is 2. The van der Waals surface area contributed by atoms with Gasteiger partial charge in [0.1, 0.15) is 12.6 Å². The Balaban J connectivity index is 1.71. The highest BCUT2D eigenvalue weighted by Crippen LogP contribution is 2.33. The van der Waals surface area contributed by atoms with E-state index in [9.17, 15) is 18.0 Å². The van der Waals surface area contributed by atoms with Gasteiger partial charge in [0.2, 0.25) is 11.8 Å². The Labute approximate surface area is 262 Å². The van der Waals surface area contributed by atoms with Crippen LogP contribution in [-0.4, -0.2) is 58.0 Å². The van der Waals surface area contributed by atoms with Crippen LogP contribution in [0.1, 0.15) is 38.2 Å². The molecule has 0 spiro atoms. The van der Waals surface area contributed by atoms with Gasteiger partial charge in [0.05, 0.1) is 24.8 Å². The van der Waals surface area contributed by atoms with Gasteiger partial charge >= 0.3 is 0 Å². The fraction of sp³-hybridized carbons (Fsp3) is 0.355. The molecule has 12 heteroatoms. The third-order valence-corrected chi connectivity index (χ3v) is 9.70. The largest absolute Gasteiger partial charge is 0.493 e. The number of hydrogen-bond donors (Lipinski definition) is 1. The molecule has 230 valence electrons. The Morgan fingerprint density at radius 2 is 1.60 bits per heavy atom. The Morgan fingerprint density at radius 3 is 2.23 bits per heavy atom. The molecule has 0 bridgehead atoms. The molecule has 1 saturated carbocycles. The maximum atomic E-state index is 14.1. The molecule has 43 heavy (non-hydrogen) atoms. The van der Waals surface area contributed by atoms with Gasteiger partial charge in [0, 0.05) is 28.7 Å². The molecule has 1 N–H and O–H groups in total. The van der Waals surface area contributed by atoms with Crippen LogP contribution in [0.3, 0.4) is 0 Å². The summed E-state index contributed by atoms with van der Waals surface area (Å²) in [5, 5.41) is 3.93. The summed E-state index contributed by atoms with van der Waals surface area (Å²) >= 11 is 12.3. The molecular weight excluding hydrogens is 613 g/mol. The number of carbonyl (C=O) groups is 2. The smallest absolute Gasteiger partial charge is 0.264 e. The molecular formula is C31H35Cl2N3O6S. The van der Waals surface area contributed by atoms with Crippen LogP contribution in [0.4, 0.5) is 5.69 Å². The maximum absolute atomic E-state index is 14.1. The molecule has 0 aliphatic heterocycles. The van der Waals surface area contributed by atoms with Crippen LogP contribution >= 0.6 is 23.2 Å². The van der Waals surface area contributed by atoms with Crippen LogP contribution in [0.5, 0.6) is 11.5 Å². The topological polar surface area (TPSA) is 105 Å². The predicted molar refractivity (Wildman–Crippen MR) is 167 cm³/mol. The number of nitrogens with one attached hydrogen (secondary N) is 1. The zero-order valence-corrected chi connectivity index (χ0v) is 26.6. The first-order chi connectivity index (χ1) is 20.5. The van der Waals surface area contributed by atoms with E-state index in [-0.39, 0.29) is 34.8 Å². The van der Waals surface area contributed by atoms with Crippen molar-refractivity contribution in [2.45, 2.75) is 56.1 Å². The van der Waals surface area contributed by atoms with E-state index in [0.717, 1.165) is 30.0 Å². The zero-order chi connectivity index (χ0) is 31.1. The summed E-state index contributed by atoms with van der Waals surface area (Å²) in [6.45, 7) is 1.10. The molecule has 0 radical (unpaired) electrons. The Morgan fingerprint density at radius 1 is 0.930 bits per heavy atom. The second-order valence-corrected chi connectivity index (χ2v) is 13.1. The lowest BCUT2D eigenvalue weighted by atomic mass is 10.1. The maximum Gasteiger partial charge on any atom is 0.264 e. The van der Waals surface area contributed by atoms with Gasteiger partial charge in [-0.05, 0) is 73.9 Å². The summed E-state index contributed by atoms with van der Waals surface area (Å²) in [7, 11) is -1.46. The first kappa shape index (κ1) is 32.4. The lowest BCUT2D eigenvalue weighted by Gasteiger charge is -2.32. The lowest BCUT2D eigenvalue weighted by Crippen LogP contribution is -2.52. The molecule has 0 unspecified atom stereocenters. The van der Waals surface area contributed by atoms with Crippen molar-refractivity contribution in [3.05, 3.63) is 82.3 Å². The van der Waals surface area contributed by atoms with E-state index in [0.29, 0.717) is 21.4 Å². The standard InChI is InChI=1S/C31H35Cl2N3O6S/c1-21(31(38)34-25-9-4-5-10-25)35(19-22-7-6-8-24(33)17-22)30(37)20-36(26-13-11-23(32)12-14-26)43(39,40)27-15-16-28(41-2)29(18-27)42-3/h6-8,11-18,21,25H,4-5,9-10,19-20H2,1-3H3,(H,34,38)/t21-/m0/s1. The third kappa shape index (κ3) is 7.93. The molecule has 3 aromatic carbocycles. The van der Waals surface area contributed by atoms with Gasteiger partial charge in [0.25, 0.3) is 10.0 Å². The second-order valence-electron chi connectivity index (χ2n) is 10.3. The zero-order valence-electron chi connectivity index (χ0n) is 24.3. The number of benzene rings is 3. The minimum Gasteiger partial charge on any atom is -0.493 e. The molecule has 1 atom stereocenters. The van der Waals surface area contributed by atoms with Crippen molar-refractivity contribution in [3.8, 4) is 11.5 Å². The summed E-state index contributed by atoms with van der Waals surface area (Å²) in [5.74, 6) is -0.313. The van der Waals surface area contributed by atoms with Crippen LogP contribution in [0.2, 0.25) is 10.0 Å². The fourth-order valence-corrected chi connectivity index (χ4v) is 6.82. The molecule has 0 aromatic heterocycles. The molecule has 2 amide bonds. The van der Waals surface area contributed by atoms with E-state index < -0.39 is 28.5 Å². The van der Waals surface area contributed by atoms with Crippen LogP contribution in [0.25, 0.3) is 0 Å². The number of amides is 2. The van der Waals surface area contributed by atoms with Crippen LogP contribution in [-0.2, 0) is 26.2 Å². The van der Waals surface area contributed by atoms with Crippen LogP contribution in [0, 0.1) is 0 Å². The van der Waals surface area contributed by atoms with Crippen molar-refractivity contribution in [2.75, 3.05) is 25.1 Å². The van der Waals surface area contributed by atoms with E-state index in [1.54, 1.807) is 43.3 Å². The van der Waals surface area contributed by atoms with Crippen molar-refractivity contribution in [3.63, 3.8) is 0 Å². The molecule has 3 aromatic rings. The first-order valence-corrected chi connectivity index (χ1v) is 16.1. The van der Waals surface area contributed by atoms with Gasteiger partial charge in [-0.25, -0.2) is 8.42 Å². The molecule has 0 heterocycles. The van der Waals surface area contributed by atoms with Crippen molar-refractivity contribution >= 4 is 50.7 Å². The highest BCUT2D eigenvalue weighted by molar-refractivity contribution is 7.92. The number of anilines is 1. The number of rotatable bonds is 12. The molecule has 1 aliphatic rings. The Kier molecular flexibility index (Phi) is 10.8. The van der Waals surface area contributed by atoms with Crippen molar-refractivity contribution in [1.29, 1.82) is 0 Å². The highest BCUT2D eigenvalue weighted by atomic mass is 35.5. The van der Waals surface area contributed by atoms with E-state index in [2.05, 4.69) is 5.32 Å². The molecule has 9 nitrogen and oxygen atoms in total. The second kappa shape index (κ2) is 14.3. The first-order valence-electron chi connectivity index (χ1n) is 13.9. The number of sulfonamides is 1. The number of methoxy groups -OCH3 is 2. The number of nitrogens with zero attached hydrogens (tertiary/aromatic N) is 2. The van der Waals surface area contributed by atoms with Gasteiger partial charge in [-0.15, -0.1) is 0 Å².